The summed E-state index contributed by atoms with van der Waals surface area (Å²) in [5.41, 5.74) is 10.3. The topological polar surface area (TPSA) is 29.3 Å². The molecule has 0 amide bonds. The van der Waals surface area contributed by atoms with Crippen LogP contribution < -0.4 is 5.73 Å². The second-order valence-corrected chi connectivity index (χ2v) is 5.25. The fraction of sp³-hybridized carbons (Fsp3) is 0.294. The van der Waals surface area contributed by atoms with Gasteiger partial charge in [-0.1, -0.05) is 54.6 Å². The summed E-state index contributed by atoms with van der Waals surface area (Å²) < 4.78 is 0. The highest BCUT2D eigenvalue weighted by Gasteiger charge is 2.24. The molecule has 1 aliphatic heterocycles. The summed E-state index contributed by atoms with van der Waals surface area (Å²) in [7, 11) is 0. The number of hydrogen-bond acceptors (Lipinski definition) is 2. The summed E-state index contributed by atoms with van der Waals surface area (Å²) in [4.78, 5) is 2.50. The molecule has 0 aliphatic carbocycles. The molecule has 1 unspecified atom stereocenters. The van der Waals surface area contributed by atoms with Crippen LogP contribution in [0.5, 0.6) is 0 Å². The van der Waals surface area contributed by atoms with E-state index in [1.165, 1.54) is 16.7 Å². The minimum atomic E-state index is 0.426. The highest BCUT2D eigenvalue weighted by molar-refractivity contribution is 5.30. The van der Waals surface area contributed by atoms with Crippen molar-refractivity contribution in [2.75, 3.05) is 6.54 Å². The van der Waals surface area contributed by atoms with E-state index >= 15 is 0 Å². The normalized spacial score (nSPS) is 16.3. The average molecular weight is 252 g/mol. The number of nitrogens with zero attached hydrogens (tertiary/aromatic N) is 1. The Morgan fingerprint density at radius 1 is 0.895 bits per heavy atom. The standard InChI is InChI=1S/C17H20N2/c18-11-17(10-14-6-2-1-3-7-14)19-12-15-8-4-5-9-16(15)13-19/h1-9,17H,10-13,18H2. The molecule has 2 aromatic carbocycles. The van der Waals surface area contributed by atoms with Gasteiger partial charge in [-0.05, 0) is 23.1 Å². The second kappa shape index (κ2) is 5.55. The van der Waals surface area contributed by atoms with Gasteiger partial charge in [-0.15, -0.1) is 0 Å². The summed E-state index contributed by atoms with van der Waals surface area (Å²) >= 11 is 0. The summed E-state index contributed by atoms with van der Waals surface area (Å²) in [6.07, 6.45) is 1.03. The van der Waals surface area contributed by atoms with E-state index in [-0.39, 0.29) is 0 Å². The molecule has 0 saturated carbocycles. The number of fused-ring (bicyclic) bond motifs is 1. The van der Waals surface area contributed by atoms with Crippen LogP contribution in [0.25, 0.3) is 0 Å². The first kappa shape index (κ1) is 12.4. The van der Waals surface area contributed by atoms with Gasteiger partial charge in [0.1, 0.15) is 0 Å². The van der Waals surface area contributed by atoms with Gasteiger partial charge in [0.25, 0.3) is 0 Å². The molecule has 0 saturated heterocycles. The zero-order chi connectivity index (χ0) is 13.1. The van der Waals surface area contributed by atoms with Crippen LogP contribution in [0.3, 0.4) is 0 Å². The van der Waals surface area contributed by atoms with Crippen molar-refractivity contribution >= 4 is 0 Å². The van der Waals surface area contributed by atoms with Gasteiger partial charge in [-0.2, -0.15) is 0 Å². The molecule has 0 aromatic heterocycles. The van der Waals surface area contributed by atoms with Crippen LogP contribution >= 0.6 is 0 Å². The molecule has 2 N–H and O–H groups in total. The van der Waals surface area contributed by atoms with E-state index in [1.54, 1.807) is 0 Å². The van der Waals surface area contributed by atoms with E-state index < -0.39 is 0 Å². The quantitative estimate of drug-likeness (QED) is 0.906. The lowest BCUT2D eigenvalue weighted by atomic mass is 10.1. The van der Waals surface area contributed by atoms with Crippen molar-refractivity contribution in [1.82, 2.24) is 4.90 Å². The SMILES string of the molecule is NCC(Cc1ccccc1)N1Cc2ccccc2C1. The average Bonchev–Trinajstić information content (AvgIpc) is 2.89. The predicted molar refractivity (Wildman–Crippen MR) is 78.7 cm³/mol. The minimum absolute atomic E-state index is 0.426. The summed E-state index contributed by atoms with van der Waals surface area (Å²) in [5, 5.41) is 0. The van der Waals surface area contributed by atoms with Crippen LogP contribution in [0.4, 0.5) is 0 Å². The minimum Gasteiger partial charge on any atom is -0.329 e. The predicted octanol–water partition coefficient (Wildman–Crippen LogP) is 2.57. The Bertz CT molecular complexity index is 511. The number of benzene rings is 2. The van der Waals surface area contributed by atoms with Crippen LogP contribution in [0.15, 0.2) is 54.6 Å². The number of rotatable bonds is 4. The highest BCUT2D eigenvalue weighted by Crippen LogP contribution is 2.25. The zero-order valence-corrected chi connectivity index (χ0v) is 11.1. The highest BCUT2D eigenvalue weighted by atomic mass is 15.2. The van der Waals surface area contributed by atoms with Gasteiger partial charge >= 0.3 is 0 Å². The van der Waals surface area contributed by atoms with Gasteiger partial charge in [0.15, 0.2) is 0 Å². The Hall–Kier alpha value is -1.64. The van der Waals surface area contributed by atoms with E-state index in [0.717, 1.165) is 19.5 Å². The lowest BCUT2D eigenvalue weighted by molar-refractivity contribution is 0.202. The zero-order valence-electron chi connectivity index (χ0n) is 11.1. The summed E-state index contributed by atoms with van der Waals surface area (Å²) in [5.74, 6) is 0. The van der Waals surface area contributed by atoms with Gasteiger partial charge in [-0.3, -0.25) is 4.90 Å². The van der Waals surface area contributed by atoms with Crippen molar-refractivity contribution < 1.29 is 0 Å². The van der Waals surface area contributed by atoms with Crippen molar-refractivity contribution in [2.24, 2.45) is 5.73 Å². The fourth-order valence-electron chi connectivity index (χ4n) is 2.87. The maximum atomic E-state index is 5.99. The van der Waals surface area contributed by atoms with Crippen LogP contribution in [0, 0.1) is 0 Å². The largest absolute Gasteiger partial charge is 0.329 e. The second-order valence-electron chi connectivity index (χ2n) is 5.25. The van der Waals surface area contributed by atoms with Gasteiger partial charge in [0.2, 0.25) is 0 Å². The molecule has 1 aliphatic rings. The molecular weight excluding hydrogens is 232 g/mol. The summed E-state index contributed by atoms with van der Waals surface area (Å²) in [6.45, 7) is 2.78. The third kappa shape index (κ3) is 2.70. The lowest BCUT2D eigenvalue weighted by Gasteiger charge is -2.26. The molecule has 1 heterocycles. The number of nitrogens with two attached hydrogens (primary N) is 1. The van der Waals surface area contributed by atoms with Crippen molar-refractivity contribution in [3.63, 3.8) is 0 Å². The van der Waals surface area contributed by atoms with Crippen molar-refractivity contribution in [3.05, 3.63) is 71.3 Å². The monoisotopic (exact) mass is 252 g/mol. The molecule has 1 atom stereocenters. The molecule has 98 valence electrons. The van der Waals surface area contributed by atoms with Gasteiger partial charge in [0, 0.05) is 25.7 Å². The molecule has 2 nitrogen and oxygen atoms in total. The Morgan fingerprint density at radius 2 is 1.47 bits per heavy atom. The van der Waals surface area contributed by atoms with Gasteiger partial charge < -0.3 is 5.73 Å². The van der Waals surface area contributed by atoms with E-state index in [9.17, 15) is 0 Å². The summed E-state index contributed by atoms with van der Waals surface area (Å²) in [6, 6.07) is 19.8. The fourth-order valence-corrected chi connectivity index (χ4v) is 2.87. The van der Waals surface area contributed by atoms with E-state index in [0.29, 0.717) is 12.6 Å². The van der Waals surface area contributed by atoms with E-state index in [2.05, 4.69) is 59.5 Å². The van der Waals surface area contributed by atoms with Crippen LogP contribution in [0.2, 0.25) is 0 Å². The first-order chi connectivity index (χ1) is 9.36. The van der Waals surface area contributed by atoms with Crippen LogP contribution in [-0.4, -0.2) is 17.5 Å². The van der Waals surface area contributed by atoms with E-state index in [1.807, 2.05) is 0 Å². The Labute approximate surface area is 114 Å². The third-order valence-electron chi connectivity index (χ3n) is 3.97. The maximum absolute atomic E-state index is 5.99. The van der Waals surface area contributed by atoms with Gasteiger partial charge in [0.05, 0.1) is 0 Å². The maximum Gasteiger partial charge on any atom is 0.0265 e. The molecule has 0 spiro atoms. The smallest absolute Gasteiger partial charge is 0.0265 e. The van der Waals surface area contributed by atoms with Crippen molar-refractivity contribution in [2.45, 2.75) is 25.6 Å². The first-order valence-electron chi connectivity index (χ1n) is 6.91. The van der Waals surface area contributed by atoms with Crippen molar-refractivity contribution in [3.8, 4) is 0 Å². The third-order valence-corrected chi connectivity index (χ3v) is 3.97. The molecule has 3 rings (SSSR count). The number of hydrogen-bond donors (Lipinski definition) is 1. The molecule has 19 heavy (non-hydrogen) atoms. The molecule has 0 bridgehead atoms. The molecular formula is C17H20N2. The molecule has 2 aromatic rings. The van der Waals surface area contributed by atoms with Crippen LogP contribution in [0.1, 0.15) is 16.7 Å². The lowest BCUT2D eigenvalue weighted by Crippen LogP contribution is -2.38. The molecule has 0 radical (unpaired) electrons. The molecule has 2 heteroatoms. The Kier molecular flexibility index (Phi) is 3.62. The first-order valence-corrected chi connectivity index (χ1v) is 6.91. The Morgan fingerprint density at radius 3 is 2.05 bits per heavy atom. The van der Waals surface area contributed by atoms with Gasteiger partial charge in [-0.25, -0.2) is 0 Å². The van der Waals surface area contributed by atoms with Crippen LogP contribution in [-0.2, 0) is 19.5 Å². The molecule has 0 fully saturated rings. The van der Waals surface area contributed by atoms with E-state index in [4.69, 9.17) is 5.73 Å². The Balaban J connectivity index is 1.71. The van der Waals surface area contributed by atoms with Crippen molar-refractivity contribution in [1.29, 1.82) is 0 Å².